The summed E-state index contributed by atoms with van der Waals surface area (Å²) in [7, 11) is -2.04. The summed E-state index contributed by atoms with van der Waals surface area (Å²) in [6.45, 7) is 3.14. The fourth-order valence-electron chi connectivity index (χ4n) is 1.75. The van der Waals surface area contributed by atoms with E-state index in [1.807, 2.05) is 6.92 Å². The first-order chi connectivity index (χ1) is 9.26. The van der Waals surface area contributed by atoms with Gasteiger partial charge in [-0.05, 0) is 6.42 Å². The second kappa shape index (κ2) is 7.86. The Morgan fingerprint density at radius 3 is 2.60 bits per heavy atom. The molecule has 0 aromatic heterocycles. The molecule has 8 nitrogen and oxygen atoms in total. The molecule has 0 radical (unpaired) electrons. The highest BCUT2D eigenvalue weighted by molar-refractivity contribution is 7.51. The first kappa shape index (κ1) is 18.1. The fourth-order valence-corrected chi connectivity index (χ4v) is 2.17. The molecule has 10 heteroatoms. The average Bonchev–Trinajstić information content (AvgIpc) is 2.35. The topological polar surface area (TPSA) is 109 Å². The van der Waals surface area contributed by atoms with Gasteiger partial charge in [0.15, 0.2) is 12.5 Å². The maximum Gasteiger partial charge on any atom is 0.325 e. The Balaban J connectivity index is 2.61. The molecule has 118 valence electrons. The summed E-state index contributed by atoms with van der Waals surface area (Å²) in [5.41, 5.74) is 0. The molecule has 1 saturated heterocycles. The SMILES string of the molecule is BC1OC(COP(C)(=O)O)C(O)N(OCCCC)C1O. The molecule has 1 aliphatic heterocycles. The average molecular weight is 311 g/mol. The van der Waals surface area contributed by atoms with Crippen molar-refractivity contribution >= 4 is 15.4 Å². The van der Waals surface area contributed by atoms with E-state index in [2.05, 4.69) is 0 Å². The van der Waals surface area contributed by atoms with Crippen molar-refractivity contribution in [3.8, 4) is 0 Å². The molecular formula is C10H23BNO7P. The molecule has 0 amide bonds. The summed E-state index contributed by atoms with van der Waals surface area (Å²) in [5, 5.41) is 21.1. The number of aliphatic hydroxyl groups excluding tert-OH is 2. The van der Waals surface area contributed by atoms with Gasteiger partial charge in [-0.25, -0.2) is 0 Å². The number of ether oxygens (including phenoxy) is 1. The molecule has 0 aliphatic carbocycles. The molecule has 5 unspecified atom stereocenters. The van der Waals surface area contributed by atoms with Gasteiger partial charge in [0.05, 0.1) is 19.2 Å². The van der Waals surface area contributed by atoms with E-state index in [1.165, 1.54) is 0 Å². The Morgan fingerprint density at radius 1 is 1.40 bits per heavy atom. The van der Waals surface area contributed by atoms with Gasteiger partial charge in [-0.3, -0.25) is 9.40 Å². The Hall–Kier alpha value is 0.0149. The van der Waals surface area contributed by atoms with E-state index in [9.17, 15) is 14.8 Å². The molecule has 1 rings (SSSR count). The summed E-state index contributed by atoms with van der Waals surface area (Å²) in [6, 6.07) is -0.622. The Bertz CT molecular complexity index is 342. The Kier molecular flexibility index (Phi) is 7.10. The first-order valence-corrected chi connectivity index (χ1v) is 8.66. The van der Waals surface area contributed by atoms with Gasteiger partial charge in [0.1, 0.15) is 14.0 Å². The zero-order chi connectivity index (χ0) is 15.3. The number of unbranched alkanes of at least 4 members (excludes halogenated alkanes) is 1. The van der Waals surface area contributed by atoms with Crippen LogP contribution in [0, 0.1) is 0 Å². The molecule has 5 atom stereocenters. The maximum atomic E-state index is 11.1. The summed E-state index contributed by atoms with van der Waals surface area (Å²) in [6.07, 6.45) is -1.56. The fraction of sp³-hybridized carbons (Fsp3) is 1.00. The van der Waals surface area contributed by atoms with Crippen LogP contribution in [-0.4, -0.2) is 72.5 Å². The zero-order valence-electron chi connectivity index (χ0n) is 12.0. The lowest BCUT2D eigenvalue weighted by atomic mass is 9.96. The van der Waals surface area contributed by atoms with E-state index in [0.717, 1.165) is 24.6 Å². The van der Waals surface area contributed by atoms with Crippen molar-refractivity contribution in [3.05, 3.63) is 0 Å². The van der Waals surface area contributed by atoms with Crippen LogP contribution in [0.5, 0.6) is 0 Å². The van der Waals surface area contributed by atoms with Crippen molar-refractivity contribution in [2.75, 3.05) is 19.9 Å². The van der Waals surface area contributed by atoms with Crippen LogP contribution in [0.1, 0.15) is 19.8 Å². The lowest BCUT2D eigenvalue weighted by Crippen LogP contribution is -2.61. The van der Waals surface area contributed by atoms with Crippen LogP contribution >= 0.6 is 7.60 Å². The number of morpholine rings is 1. The highest BCUT2D eigenvalue weighted by atomic mass is 31.2. The lowest BCUT2D eigenvalue weighted by Gasteiger charge is -2.43. The minimum absolute atomic E-state index is 0.268. The molecule has 0 saturated carbocycles. The van der Waals surface area contributed by atoms with Crippen LogP contribution in [0.25, 0.3) is 0 Å². The molecule has 3 N–H and O–H groups in total. The number of nitrogens with zero attached hydrogens (tertiary/aromatic N) is 1. The highest BCUT2D eigenvalue weighted by Gasteiger charge is 2.42. The zero-order valence-corrected chi connectivity index (χ0v) is 12.9. The summed E-state index contributed by atoms with van der Waals surface area (Å²) < 4.78 is 21.2. The molecular weight excluding hydrogens is 288 g/mol. The van der Waals surface area contributed by atoms with Crippen molar-refractivity contribution in [2.24, 2.45) is 0 Å². The lowest BCUT2D eigenvalue weighted by molar-refractivity contribution is -0.367. The van der Waals surface area contributed by atoms with Crippen LogP contribution in [0.2, 0.25) is 0 Å². The van der Waals surface area contributed by atoms with E-state index < -0.39 is 32.2 Å². The van der Waals surface area contributed by atoms with Crippen LogP contribution in [0.15, 0.2) is 0 Å². The van der Waals surface area contributed by atoms with E-state index in [1.54, 1.807) is 7.85 Å². The summed E-state index contributed by atoms with van der Waals surface area (Å²) >= 11 is 0. The number of rotatable bonds is 7. The predicted octanol–water partition coefficient (Wildman–Crippen LogP) is -1.15. The molecule has 1 aliphatic rings. The molecule has 0 spiro atoms. The first-order valence-electron chi connectivity index (χ1n) is 6.64. The van der Waals surface area contributed by atoms with Gasteiger partial charge >= 0.3 is 7.60 Å². The molecule has 0 aromatic carbocycles. The maximum absolute atomic E-state index is 11.1. The van der Waals surface area contributed by atoms with Gasteiger partial charge < -0.3 is 24.4 Å². The van der Waals surface area contributed by atoms with Gasteiger partial charge in [0.2, 0.25) is 0 Å². The van der Waals surface area contributed by atoms with E-state index in [4.69, 9.17) is 19.0 Å². The minimum atomic E-state index is -3.65. The monoisotopic (exact) mass is 311 g/mol. The van der Waals surface area contributed by atoms with E-state index in [0.29, 0.717) is 6.61 Å². The van der Waals surface area contributed by atoms with Gasteiger partial charge in [-0.15, -0.1) is 5.06 Å². The third-order valence-corrected chi connectivity index (χ3v) is 3.51. The van der Waals surface area contributed by atoms with Gasteiger partial charge in [0.25, 0.3) is 0 Å². The summed E-state index contributed by atoms with van der Waals surface area (Å²) in [5.74, 6) is 0. The quantitative estimate of drug-likeness (QED) is 0.307. The van der Waals surface area contributed by atoms with Crippen LogP contribution in [0.4, 0.5) is 0 Å². The van der Waals surface area contributed by atoms with Gasteiger partial charge in [-0.2, -0.15) is 0 Å². The predicted molar refractivity (Wildman–Crippen MR) is 73.6 cm³/mol. The Morgan fingerprint density at radius 2 is 2.05 bits per heavy atom. The summed E-state index contributed by atoms with van der Waals surface area (Å²) in [4.78, 5) is 14.4. The highest BCUT2D eigenvalue weighted by Crippen LogP contribution is 2.37. The van der Waals surface area contributed by atoms with Crippen molar-refractivity contribution in [3.63, 3.8) is 0 Å². The van der Waals surface area contributed by atoms with Crippen molar-refractivity contribution in [1.29, 1.82) is 0 Å². The van der Waals surface area contributed by atoms with Crippen LogP contribution in [0.3, 0.4) is 0 Å². The second-order valence-corrected chi connectivity index (χ2v) is 6.72. The molecule has 0 aromatic rings. The normalized spacial score (nSPS) is 34.9. The number of hydrogen-bond acceptors (Lipinski definition) is 7. The third kappa shape index (κ3) is 5.42. The molecule has 20 heavy (non-hydrogen) atoms. The molecule has 0 bridgehead atoms. The van der Waals surface area contributed by atoms with Crippen molar-refractivity contribution in [1.82, 2.24) is 5.06 Å². The third-order valence-electron chi connectivity index (χ3n) is 2.88. The molecule has 1 heterocycles. The van der Waals surface area contributed by atoms with E-state index >= 15 is 0 Å². The van der Waals surface area contributed by atoms with Crippen LogP contribution in [-0.2, 0) is 18.7 Å². The number of aliphatic hydroxyl groups is 2. The second-order valence-electron chi connectivity index (χ2n) is 4.85. The Labute approximate surface area is 119 Å². The van der Waals surface area contributed by atoms with Crippen molar-refractivity contribution < 1.29 is 33.8 Å². The minimum Gasteiger partial charge on any atom is -0.374 e. The van der Waals surface area contributed by atoms with Gasteiger partial charge in [-0.1, -0.05) is 13.3 Å². The number of hydrogen-bond donors (Lipinski definition) is 3. The standard InChI is InChI=1S/C10H23BNO7P/c1-3-4-5-17-12-9(13)7(6-18-20(2,15)16)19-8(11)10(12)14/h7-10,13-14H,3-6,11H2,1-2H3,(H,15,16). The van der Waals surface area contributed by atoms with Crippen LogP contribution < -0.4 is 0 Å². The largest absolute Gasteiger partial charge is 0.374 e. The van der Waals surface area contributed by atoms with Gasteiger partial charge in [0, 0.05) is 6.66 Å². The van der Waals surface area contributed by atoms with E-state index in [-0.39, 0.29) is 6.61 Å². The van der Waals surface area contributed by atoms with Crippen molar-refractivity contribution in [2.45, 2.75) is 44.3 Å². The number of hydroxylamine groups is 2. The smallest absolute Gasteiger partial charge is 0.325 e. The molecule has 1 fully saturated rings.